The Morgan fingerprint density at radius 2 is 2.19 bits per heavy atom. The fourth-order valence-electron chi connectivity index (χ4n) is 2.33. The summed E-state index contributed by atoms with van der Waals surface area (Å²) in [5.41, 5.74) is 2.00. The number of carbonyl (C=O) groups excluding carboxylic acids is 1. The number of fused-ring (bicyclic) bond motifs is 1. The van der Waals surface area contributed by atoms with E-state index in [1.54, 1.807) is 0 Å². The van der Waals surface area contributed by atoms with Gasteiger partial charge in [0.15, 0.2) is 11.5 Å². The molecule has 1 aromatic rings. The van der Waals surface area contributed by atoms with Crippen LogP contribution in [0.1, 0.15) is 31.4 Å². The summed E-state index contributed by atoms with van der Waals surface area (Å²) in [5, 5.41) is 0. The van der Waals surface area contributed by atoms with Crippen molar-refractivity contribution in [1.29, 1.82) is 0 Å². The van der Waals surface area contributed by atoms with Gasteiger partial charge in [-0.15, -0.1) is 0 Å². The molecule has 0 aliphatic carbocycles. The minimum Gasteiger partial charge on any atom is -0.461 e. The molecule has 21 heavy (non-hydrogen) atoms. The lowest BCUT2D eigenvalue weighted by molar-refractivity contribution is -0.142. The molecule has 0 unspecified atom stereocenters. The molecule has 5 nitrogen and oxygen atoms in total. The Labute approximate surface area is 123 Å². The van der Waals surface area contributed by atoms with Crippen LogP contribution in [-0.2, 0) is 14.3 Å². The molecule has 2 aliphatic rings. The number of hydrogen-bond acceptors (Lipinski definition) is 5. The second-order valence-electron chi connectivity index (χ2n) is 5.08. The Hall–Kier alpha value is -2.01. The highest BCUT2D eigenvalue weighted by molar-refractivity contribution is 5.69. The Balaban J connectivity index is 1.61. The molecule has 0 bridgehead atoms. The topological polar surface area (TPSA) is 54.0 Å². The van der Waals surface area contributed by atoms with E-state index < -0.39 is 0 Å². The summed E-state index contributed by atoms with van der Waals surface area (Å²) in [7, 11) is 0. The summed E-state index contributed by atoms with van der Waals surface area (Å²) in [4.78, 5) is 11.4. The summed E-state index contributed by atoms with van der Waals surface area (Å²) in [6, 6.07) is 5.77. The van der Waals surface area contributed by atoms with Crippen LogP contribution in [0.25, 0.3) is 0 Å². The molecule has 1 aromatic carbocycles. The van der Waals surface area contributed by atoms with E-state index in [0.717, 1.165) is 29.1 Å². The lowest BCUT2D eigenvalue weighted by Gasteiger charge is -2.08. The molecule has 0 spiro atoms. The fraction of sp³-hybridized carbons (Fsp3) is 0.438. The average Bonchev–Trinajstić information content (AvgIpc) is 3.13. The van der Waals surface area contributed by atoms with Gasteiger partial charge in [-0.2, -0.15) is 0 Å². The first-order valence-electron chi connectivity index (χ1n) is 7.12. The second-order valence-corrected chi connectivity index (χ2v) is 5.08. The van der Waals surface area contributed by atoms with Crippen molar-refractivity contribution < 1.29 is 23.7 Å². The lowest BCUT2D eigenvalue weighted by atomic mass is 10.1. The molecule has 0 amide bonds. The van der Waals surface area contributed by atoms with Gasteiger partial charge in [0.05, 0.1) is 6.61 Å². The van der Waals surface area contributed by atoms with Crippen molar-refractivity contribution in [2.45, 2.75) is 25.9 Å². The molecular formula is C16H18O5. The number of hydrogen-bond donors (Lipinski definition) is 0. The molecule has 3 rings (SSSR count). The van der Waals surface area contributed by atoms with Crippen LogP contribution in [0.15, 0.2) is 29.8 Å². The first-order chi connectivity index (χ1) is 10.3. The van der Waals surface area contributed by atoms with E-state index in [-0.39, 0.29) is 18.9 Å². The highest BCUT2D eigenvalue weighted by Gasteiger charge is 2.22. The third kappa shape index (κ3) is 3.19. The highest BCUT2D eigenvalue weighted by Crippen LogP contribution is 2.36. The van der Waals surface area contributed by atoms with Gasteiger partial charge in [-0.25, -0.2) is 0 Å². The maximum atomic E-state index is 11.4. The lowest BCUT2D eigenvalue weighted by Crippen LogP contribution is -2.07. The van der Waals surface area contributed by atoms with E-state index in [0.29, 0.717) is 19.6 Å². The van der Waals surface area contributed by atoms with Crippen LogP contribution in [0.4, 0.5) is 0 Å². The minimum absolute atomic E-state index is 0.126. The van der Waals surface area contributed by atoms with E-state index in [2.05, 4.69) is 0 Å². The Bertz CT molecular complexity index is 564. The predicted molar refractivity (Wildman–Crippen MR) is 75.2 cm³/mol. The number of benzene rings is 1. The van der Waals surface area contributed by atoms with Crippen molar-refractivity contribution in [2.75, 3.05) is 20.0 Å². The Morgan fingerprint density at radius 1 is 1.33 bits per heavy atom. The van der Waals surface area contributed by atoms with Crippen molar-refractivity contribution in [3.8, 4) is 11.5 Å². The van der Waals surface area contributed by atoms with Crippen LogP contribution >= 0.6 is 0 Å². The quantitative estimate of drug-likeness (QED) is 0.616. The smallest absolute Gasteiger partial charge is 0.306 e. The third-order valence-electron chi connectivity index (χ3n) is 3.43. The molecule has 0 fully saturated rings. The van der Waals surface area contributed by atoms with Crippen molar-refractivity contribution in [2.24, 2.45) is 0 Å². The summed E-state index contributed by atoms with van der Waals surface area (Å²) in [6.45, 7) is 3.01. The van der Waals surface area contributed by atoms with Crippen molar-refractivity contribution in [3.05, 3.63) is 35.4 Å². The van der Waals surface area contributed by atoms with Crippen LogP contribution in [0.5, 0.6) is 11.5 Å². The third-order valence-corrected chi connectivity index (χ3v) is 3.43. The number of esters is 1. The molecule has 0 N–H and O–H groups in total. The number of ether oxygens (including phenoxy) is 4. The van der Waals surface area contributed by atoms with Gasteiger partial charge in [-0.3, -0.25) is 4.79 Å². The molecule has 0 aromatic heterocycles. The summed E-state index contributed by atoms with van der Waals surface area (Å²) in [5.74, 6) is 1.34. The average molecular weight is 290 g/mol. The molecule has 0 saturated carbocycles. The van der Waals surface area contributed by atoms with Crippen LogP contribution in [0.2, 0.25) is 0 Å². The second kappa shape index (κ2) is 6.18. The molecule has 2 aliphatic heterocycles. The fourth-order valence-corrected chi connectivity index (χ4v) is 2.33. The normalized spacial score (nSPS) is 19.5. The van der Waals surface area contributed by atoms with E-state index in [1.807, 2.05) is 31.2 Å². The Kier molecular flexibility index (Phi) is 4.10. The molecule has 112 valence electrons. The zero-order valence-electron chi connectivity index (χ0n) is 12.0. The molecule has 1 atom stereocenters. The maximum Gasteiger partial charge on any atom is 0.306 e. The monoisotopic (exact) mass is 290 g/mol. The van der Waals surface area contributed by atoms with Gasteiger partial charge in [0.1, 0.15) is 12.7 Å². The van der Waals surface area contributed by atoms with Crippen LogP contribution < -0.4 is 9.47 Å². The van der Waals surface area contributed by atoms with Crippen LogP contribution in [-0.4, -0.2) is 26.0 Å². The van der Waals surface area contributed by atoms with Crippen LogP contribution in [0, 0.1) is 0 Å². The largest absolute Gasteiger partial charge is 0.461 e. The number of rotatable bonds is 5. The Morgan fingerprint density at radius 3 is 3.05 bits per heavy atom. The zero-order valence-corrected chi connectivity index (χ0v) is 12.0. The van der Waals surface area contributed by atoms with E-state index >= 15 is 0 Å². The van der Waals surface area contributed by atoms with E-state index in [1.165, 1.54) is 0 Å². The molecule has 2 heterocycles. The maximum absolute atomic E-state index is 11.4. The van der Waals surface area contributed by atoms with Gasteiger partial charge in [-0.1, -0.05) is 13.0 Å². The van der Waals surface area contributed by atoms with Crippen LogP contribution in [0.3, 0.4) is 0 Å². The molecule has 0 saturated heterocycles. The zero-order chi connectivity index (χ0) is 14.7. The van der Waals surface area contributed by atoms with Gasteiger partial charge in [0, 0.05) is 6.42 Å². The standard InChI is InChI=1S/C16H18O5/c1-2-3-16(17)19-9-11-6-14(18-8-11)12-4-5-13-15(7-12)21-10-20-13/h4-7,14H,2-3,8-10H2,1H3/t14-/m1/s1. The van der Waals surface area contributed by atoms with E-state index in [9.17, 15) is 4.79 Å². The SMILES string of the molecule is CCCC(=O)OCC1=C[C@H](c2ccc3c(c2)OCO3)OC1. The first-order valence-corrected chi connectivity index (χ1v) is 7.12. The van der Waals surface area contributed by atoms with Gasteiger partial charge >= 0.3 is 5.97 Å². The summed E-state index contributed by atoms with van der Waals surface area (Å²) < 4.78 is 21.6. The van der Waals surface area contributed by atoms with Gasteiger partial charge < -0.3 is 18.9 Å². The van der Waals surface area contributed by atoms with Gasteiger partial charge in [-0.05, 0) is 35.8 Å². The molecule has 0 radical (unpaired) electrons. The predicted octanol–water partition coefficient (Wildman–Crippen LogP) is 2.76. The molecule has 5 heteroatoms. The van der Waals surface area contributed by atoms with Gasteiger partial charge in [0.2, 0.25) is 6.79 Å². The minimum atomic E-state index is -0.162. The number of carbonyl (C=O) groups is 1. The molecular weight excluding hydrogens is 272 g/mol. The van der Waals surface area contributed by atoms with E-state index in [4.69, 9.17) is 18.9 Å². The summed E-state index contributed by atoms with van der Waals surface area (Å²) in [6.07, 6.45) is 3.13. The first kappa shape index (κ1) is 13.9. The van der Waals surface area contributed by atoms with Crippen molar-refractivity contribution in [1.82, 2.24) is 0 Å². The summed E-state index contributed by atoms with van der Waals surface area (Å²) >= 11 is 0. The van der Waals surface area contributed by atoms with Crippen molar-refractivity contribution in [3.63, 3.8) is 0 Å². The van der Waals surface area contributed by atoms with Crippen molar-refractivity contribution >= 4 is 5.97 Å². The highest BCUT2D eigenvalue weighted by atomic mass is 16.7. The van der Waals surface area contributed by atoms with Gasteiger partial charge in [0.25, 0.3) is 0 Å².